The molecule has 1 aromatic carbocycles. The van der Waals surface area contributed by atoms with Gasteiger partial charge in [-0.2, -0.15) is 0 Å². The fourth-order valence-corrected chi connectivity index (χ4v) is 2.43. The Morgan fingerprint density at radius 2 is 2.11 bits per heavy atom. The van der Waals surface area contributed by atoms with Gasteiger partial charge in [-0.3, -0.25) is 4.98 Å². The van der Waals surface area contributed by atoms with Crippen LogP contribution in [0.5, 0.6) is 5.75 Å². The first-order valence-corrected chi connectivity index (χ1v) is 6.93. The van der Waals surface area contributed by atoms with Crippen LogP contribution in [0.4, 0.5) is 0 Å². The van der Waals surface area contributed by atoms with Crippen molar-refractivity contribution in [1.82, 2.24) is 4.98 Å². The molecule has 0 saturated heterocycles. The Morgan fingerprint density at radius 3 is 2.79 bits per heavy atom. The van der Waals surface area contributed by atoms with Gasteiger partial charge in [0.05, 0.1) is 12.8 Å². The molecule has 0 spiro atoms. The summed E-state index contributed by atoms with van der Waals surface area (Å²) in [6, 6.07) is 7.64. The van der Waals surface area contributed by atoms with Gasteiger partial charge in [0.2, 0.25) is 0 Å². The van der Waals surface area contributed by atoms with Gasteiger partial charge < -0.3 is 9.84 Å². The van der Waals surface area contributed by atoms with Gasteiger partial charge >= 0.3 is 0 Å². The standard InChI is InChI=1S/C15H16BrNO2/c1-3-19-13-7-11(8-17-9-13)15(18)14-5-4-12(16)6-10(14)2/h4-9,15,18H,3H2,1-2H3. The molecule has 1 aromatic heterocycles. The lowest BCUT2D eigenvalue weighted by molar-refractivity contribution is 0.218. The van der Waals surface area contributed by atoms with Crippen molar-refractivity contribution in [3.63, 3.8) is 0 Å². The van der Waals surface area contributed by atoms with Gasteiger partial charge in [0.15, 0.2) is 0 Å². The van der Waals surface area contributed by atoms with Crippen molar-refractivity contribution < 1.29 is 9.84 Å². The molecule has 19 heavy (non-hydrogen) atoms. The number of aryl methyl sites for hydroxylation is 1. The molecular weight excluding hydrogens is 306 g/mol. The van der Waals surface area contributed by atoms with Crippen LogP contribution in [-0.4, -0.2) is 16.7 Å². The maximum atomic E-state index is 10.4. The van der Waals surface area contributed by atoms with Gasteiger partial charge in [0.25, 0.3) is 0 Å². The van der Waals surface area contributed by atoms with Crippen LogP contribution in [0.25, 0.3) is 0 Å². The minimum Gasteiger partial charge on any atom is -0.492 e. The third-order valence-electron chi connectivity index (χ3n) is 2.89. The number of pyridine rings is 1. The second-order valence-electron chi connectivity index (χ2n) is 4.29. The van der Waals surface area contributed by atoms with Crippen LogP contribution in [0.15, 0.2) is 41.1 Å². The lowest BCUT2D eigenvalue weighted by atomic mass is 9.99. The van der Waals surface area contributed by atoms with Crippen molar-refractivity contribution in [1.29, 1.82) is 0 Å². The topological polar surface area (TPSA) is 42.4 Å². The summed E-state index contributed by atoms with van der Waals surface area (Å²) < 4.78 is 6.40. The van der Waals surface area contributed by atoms with Crippen LogP contribution in [0, 0.1) is 6.92 Å². The fourth-order valence-electron chi connectivity index (χ4n) is 1.96. The smallest absolute Gasteiger partial charge is 0.137 e. The number of aliphatic hydroxyl groups is 1. The molecule has 0 amide bonds. The lowest BCUT2D eigenvalue weighted by Gasteiger charge is -2.15. The van der Waals surface area contributed by atoms with E-state index in [0.717, 1.165) is 21.2 Å². The molecule has 3 nitrogen and oxygen atoms in total. The highest BCUT2D eigenvalue weighted by Crippen LogP contribution is 2.28. The summed E-state index contributed by atoms with van der Waals surface area (Å²) in [5.74, 6) is 0.675. The fraction of sp³-hybridized carbons (Fsp3) is 0.267. The first-order valence-electron chi connectivity index (χ1n) is 6.13. The molecule has 1 atom stereocenters. The Bertz CT molecular complexity index is 572. The summed E-state index contributed by atoms with van der Waals surface area (Å²) in [7, 11) is 0. The molecule has 2 rings (SSSR count). The van der Waals surface area contributed by atoms with E-state index in [1.54, 1.807) is 12.4 Å². The number of ether oxygens (including phenoxy) is 1. The van der Waals surface area contributed by atoms with E-state index in [4.69, 9.17) is 4.74 Å². The van der Waals surface area contributed by atoms with Gasteiger partial charge in [-0.25, -0.2) is 0 Å². The number of aliphatic hydroxyl groups excluding tert-OH is 1. The van der Waals surface area contributed by atoms with Crippen molar-refractivity contribution in [3.05, 3.63) is 57.8 Å². The Balaban J connectivity index is 2.32. The largest absolute Gasteiger partial charge is 0.492 e. The van der Waals surface area contributed by atoms with Crippen molar-refractivity contribution in [3.8, 4) is 5.75 Å². The van der Waals surface area contributed by atoms with Crippen LogP contribution < -0.4 is 4.74 Å². The van der Waals surface area contributed by atoms with Crippen LogP contribution >= 0.6 is 15.9 Å². The Hall–Kier alpha value is -1.39. The average molecular weight is 322 g/mol. The van der Waals surface area contributed by atoms with Gasteiger partial charge in [0.1, 0.15) is 11.9 Å². The Kier molecular flexibility index (Phi) is 4.56. The molecule has 1 N–H and O–H groups in total. The molecular formula is C15H16BrNO2. The van der Waals surface area contributed by atoms with E-state index >= 15 is 0 Å². The van der Waals surface area contributed by atoms with Crippen molar-refractivity contribution in [2.45, 2.75) is 20.0 Å². The third kappa shape index (κ3) is 3.33. The van der Waals surface area contributed by atoms with E-state index in [2.05, 4.69) is 20.9 Å². The first kappa shape index (κ1) is 14.0. The molecule has 1 heterocycles. The average Bonchev–Trinajstić information content (AvgIpc) is 2.39. The van der Waals surface area contributed by atoms with E-state index in [1.807, 2.05) is 38.1 Å². The zero-order chi connectivity index (χ0) is 13.8. The van der Waals surface area contributed by atoms with Crippen LogP contribution in [0.1, 0.15) is 29.7 Å². The molecule has 0 aliphatic rings. The Morgan fingerprint density at radius 1 is 1.32 bits per heavy atom. The number of benzene rings is 1. The number of rotatable bonds is 4. The molecule has 4 heteroatoms. The Labute approximate surface area is 121 Å². The normalized spacial score (nSPS) is 12.2. The number of hydrogen-bond acceptors (Lipinski definition) is 3. The third-order valence-corrected chi connectivity index (χ3v) is 3.38. The van der Waals surface area contributed by atoms with Gasteiger partial charge in [-0.05, 0) is 43.2 Å². The predicted octanol–water partition coefficient (Wildman–Crippen LogP) is 3.63. The molecule has 0 aliphatic carbocycles. The lowest BCUT2D eigenvalue weighted by Crippen LogP contribution is -2.03. The monoisotopic (exact) mass is 321 g/mol. The maximum absolute atomic E-state index is 10.4. The number of hydrogen-bond donors (Lipinski definition) is 1. The zero-order valence-electron chi connectivity index (χ0n) is 10.9. The summed E-state index contributed by atoms with van der Waals surface area (Å²) in [6.07, 6.45) is 2.61. The van der Waals surface area contributed by atoms with E-state index in [1.165, 1.54) is 0 Å². The zero-order valence-corrected chi connectivity index (χ0v) is 12.5. The van der Waals surface area contributed by atoms with Crippen LogP contribution in [-0.2, 0) is 0 Å². The minimum atomic E-state index is -0.694. The van der Waals surface area contributed by atoms with E-state index < -0.39 is 6.10 Å². The molecule has 100 valence electrons. The quantitative estimate of drug-likeness (QED) is 0.935. The maximum Gasteiger partial charge on any atom is 0.137 e. The molecule has 0 radical (unpaired) electrons. The molecule has 2 aromatic rings. The number of halogens is 1. The summed E-state index contributed by atoms with van der Waals surface area (Å²) in [5, 5.41) is 10.4. The first-order chi connectivity index (χ1) is 9.11. The van der Waals surface area contributed by atoms with Crippen molar-refractivity contribution >= 4 is 15.9 Å². The molecule has 0 bridgehead atoms. The minimum absolute atomic E-state index is 0.582. The summed E-state index contributed by atoms with van der Waals surface area (Å²) in [4.78, 5) is 4.10. The van der Waals surface area contributed by atoms with Crippen LogP contribution in [0.2, 0.25) is 0 Å². The number of aromatic nitrogens is 1. The highest BCUT2D eigenvalue weighted by atomic mass is 79.9. The van der Waals surface area contributed by atoms with Gasteiger partial charge in [-0.15, -0.1) is 0 Å². The highest BCUT2D eigenvalue weighted by Gasteiger charge is 2.14. The molecule has 0 saturated carbocycles. The SMILES string of the molecule is CCOc1cncc(C(O)c2ccc(Br)cc2C)c1. The number of nitrogens with zero attached hydrogens (tertiary/aromatic N) is 1. The predicted molar refractivity (Wildman–Crippen MR) is 78.3 cm³/mol. The molecule has 0 fully saturated rings. The highest BCUT2D eigenvalue weighted by molar-refractivity contribution is 9.10. The molecule has 1 unspecified atom stereocenters. The molecule has 0 aliphatic heterocycles. The van der Waals surface area contributed by atoms with E-state index in [-0.39, 0.29) is 0 Å². The second-order valence-corrected chi connectivity index (χ2v) is 5.21. The summed E-state index contributed by atoms with van der Waals surface area (Å²) in [5.41, 5.74) is 2.64. The summed E-state index contributed by atoms with van der Waals surface area (Å²) >= 11 is 3.42. The second kappa shape index (κ2) is 6.17. The van der Waals surface area contributed by atoms with E-state index in [9.17, 15) is 5.11 Å². The summed E-state index contributed by atoms with van der Waals surface area (Å²) in [6.45, 7) is 4.48. The van der Waals surface area contributed by atoms with Crippen molar-refractivity contribution in [2.75, 3.05) is 6.61 Å². The van der Waals surface area contributed by atoms with E-state index in [0.29, 0.717) is 12.4 Å². The van der Waals surface area contributed by atoms with Gasteiger partial charge in [0, 0.05) is 16.2 Å². The van der Waals surface area contributed by atoms with Gasteiger partial charge in [-0.1, -0.05) is 22.0 Å². The van der Waals surface area contributed by atoms with Crippen LogP contribution in [0.3, 0.4) is 0 Å². The van der Waals surface area contributed by atoms with Crippen molar-refractivity contribution in [2.24, 2.45) is 0 Å².